The Labute approximate surface area is 125 Å². The topological polar surface area (TPSA) is 20.2 Å². The van der Waals surface area contributed by atoms with Crippen molar-refractivity contribution in [2.24, 2.45) is 29.6 Å². The van der Waals surface area contributed by atoms with Crippen LogP contribution in [0.5, 0.6) is 0 Å². The molecule has 0 saturated heterocycles. The molecule has 0 radical (unpaired) electrons. The van der Waals surface area contributed by atoms with Gasteiger partial charge in [0.05, 0.1) is 6.10 Å². The van der Waals surface area contributed by atoms with E-state index in [2.05, 4.69) is 26.2 Å². The lowest BCUT2D eigenvalue weighted by Gasteiger charge is -2.43. The maximum absolute atomic E-state index is 10.2. The molecule has 0 aliphatic heterocycles. The first kappa shape index (κ1) is 15.8. The van der Waals surface area contributed by atoms with Gasteiger partial charge in [0.25, 0.3) is 0 Å². The summed E-state index contributed by atoms with van der Waals surface area (Å²) in [5, 5.41) is 10.2. The van der Waals surface area contributed by atoms with Crippen molar-refractivity contribution >= 4 is 0 Å². The Bertz CT molecular complexity index is 322. The highest BCUT2D eigenvalue weighted by Gasteiger charge is 2.37. The van der Waals surface area contributed by atoms with Gasteiger partial charge >= 0.3 is 0 Å². The molecule has 0 aromatic heterocycles. The van der Waals surface area contributed by atoms with E-state index in [-0.39, 0.29) is 6.10 Å². The average Bonchev–Trinajstić information content (AvgIpc) is 2.44. The van der Waals surface area contributed by atoms with Gasteiger partial charge in [0.1, 0.15) is 0 Å². The molecule has 1 nitrogen and oxygen atoms in total. The van der Waals surface area contributed by atoms with Crippen LogP contribution in [0.4, 0.5) is 0 Å². The SMILES string of the molecule is C=CCC1CCC(C)C(C2CCC(O)C(CC=C)C2)C1. The van der Waals surface area contributed by atoms with Crippen molar-refractivity contribution in [3.63, 3.8) is 0 Å². The van der Waals surface area contributed by atoms with Crippen LogP contribution in [-0.2, 0) is 0 Å². The third-order valence-electron chi connectivity index (χ3n) is 5.92. The molecule has 1 N–H and O–H groups in total. The molecule has 0 spiro atoms. The fraction of sp³-hybridized carbons (Fsp3) is 0.789. The van der Waals surface area contributed by atoms with E-state index in [9.17, 15) is 5.11 Å². The summed E-state index contributed by atoms with van der Waals surface area (Å²) in [6.07, 6.45) is 13.8. The Hall–Kier alpha value is -0.560. The van der Waals surface area contributed by atoms with Gasteiger partial charge < -0.3 is 5.11 Å². The van der Waals surface area contributed by atoms with Crippen LogP contribution < -0.4 is 0 Å². The van der Waals surface area contributed by atoms with E-state index in [1.807, 2.05) is 6.08 Å². The fourth-order valence-electron chi connectivity index (χ4n) is 4.70. The van der Waals surface area contributed by atoms with Crippen LogP contribution in [0.25, 0.3) is 0 Å². The molecule has 0 aromatic rings. The Morgan fingerprint density at radius 2 is 1.75 bits per heavy atom. The van der Waals surface area contributed by atoms with Crippen LogP contribution in [0, 0.1) is 29.6 Å². The number of hydrogen-bond acceptors (Lipinski definition) is 1. The molecule has 2 aliphatic rings. The molecule has 0 bridgehead atoms. The van der Waals surface area contributed by atoms with Gasteiger partial charge in [0.15, 0.2) is 0 Å². The summed E-state index contributed by atoms with van der Waals surface area (Å²) in [6, 6.07) is 0. The highest BCUT2D eigenvalue weighted by Crippen LogP contribution is 2.46. The third-order valence-corrected chi connectivity index (χ3v) is 5.92. The van der Waals surface area contributed by atoms with E-state index in [1.54, 1.807) is 0 Å². The van der Waals surface area contributed by atoms with Crippen molar-refractivity contribution < 1.29 is 5.11 Å². The van der Waals surface area contributed by atoms with Gasteiger partial charge in [-0.25, -0.2) is 0 Å². The lowest BCUT2D eigenvalue weighted by atomic mass is 9.63. The number of aliphatic hydroxyl groups is 1. The monoisotopic (exact) mass is 276 g/mol. The van der Waals surface area contributed by atoms with Crippen LogP contribution in [0.1, 0.15) is 58.3 Å². The second-order valence-corrected chi connectivity index (χ2v) is 7.27. The Morgan fingerprint density at radius 3 is 2.45 bits per heavy atom. The largest absolute Gasteiger partial charge is 0.393 e. The van der Waals surface area contributed by atoms with Crippen molar-refractivity contribution in [2.45, 2.75) is 64.4 Å². The van der Waals surface area contributed by atoms with Gasteiger partial charge in [-0.05, 0) is 74.5 Å². The van der Waals surface area contributed by atoms with Crippen molar-refractivity contribution in [1.29, 1.82) is 0 Å². The van der Waals surface area contributed by atoms with Crippen LogP contribution >= 0.6 is 0 Å². The normalized spacial score (nSPS) is 42.1. The molecule has 0 heterocycles. The van der Waals surface area contributed by atoms with Gasteiger partial charge in [-0.3, -0.25) is 0 Å². The molecule has 2 rings (SSSR count). The Kier molecular flexibility index (Phi) is 5.89. The highest BCUT2D eigenvalue weighted by atomic mass is 16.3. The predicted molar refractivity (Wildman–Crippen MR) is 86.5 cm³/mol. The molecule has 0 amide bonds. The Balaban J connectivity index is 1.97. The summed E-state index contributed by atoms with van der Waals surface area (Å²) < 4.78 is 0. The van der Waals surface area contributed by atoms with Gasteiger partial charge in [-0.2, -0.15) is 0 Å². The number of rotatable bonds is 5. The molecule has 0 aromatic carbocycles. The average molecular weight is 276 g/mol. The molecular weight excluding hydrogens is 244 g/mol. The van der Waals surface area contributed by atoms with Gasteiger partial charge in [-0.15, -0.1) is 13.2 Å². The van der Waals surface area contributed by atoms with E-state index in [1.165, 1.54) is 38.5 Å². The fourth-order valence-corrected chi connectivity index (χ4v) is 4.70. The predicted octanol–water partition coefficient (Wildman–Crippen LogP) is 4.97. The van der Waals surface area contributed by atoms with Gasteiger partial charge in [0.2, 0.25) is 0 Å². The zero-order chi connectivity index (χ0) is 14.5. The van der Waals surface area contributed by atoms with E-state index in [0.717, 1.165) is 36.5 Å². The zero-order valence-electron chi connectivity index (χ0n) is 13.1. The molecular formula is C19H32O. The van der Waals surface area contributed by atoms with Crippen LogP contribution in [-0.4, -0.2) is 11.2 Å². The van der Waals surface area contributed by atoms with E-state index in [4.69, 9.17) is 0 Å². The molecule has 2 saturated carbocycles. The van der Waals surface area contributed by atoms with Gasteiger partial charge in [-0.1, -0.05) is 25.5 Å². The summed E-state index contributed by atoms with van der Waals surface area (Å²) in [7, 11) is 0. The van der Waals surface area contributed by atoms with Gasteiger partial charge in [0, 0.05) is 0 Å². The second kappa shape index (κ2) is 7.45. The van der Waals surface area contributed by atoms with Crippen LogP contribution in [0.15, 0.2) is 25.3 Å². The first-order chi connectivity index (χ1) is 9.65. The minimum atomic E-state index is -0.0906. The molecule has 2 fully saturated rings. The highest BCUT2D eigenvalue weighted by molar-refractivity contribution is 4.91. The summed E-state index contributed by atoms with van der Waals surface area (Å²) >= 11 is 0. The second-order valence-electron chi connectivity index (χ2n) is 7.27. The minimum Gasteiger partial charge on any atom is -0.393 e. The number of aliphatic hydroxyl groups excluding tert-OH is 1. The lowest BCUT2D eigenvalue weighted by Crippen LogP contribution is -2.36. The standard InChI is InChI=1S/C19H32O/c1-4-6-15-9-8-14(3)18(12-15)16-10-11-19(20)17(13-16)7-5-2/h4-5,14-20H,1-2,6-13H2,3H3. The minimum absolute atomic E-state index is 0.0906. The van der Waals surface area contributed by atoms with E-state index >= 15 is 0 Å². The van der Waals surface area contributed by atoms with Crippen molar-refractivity contribution in [1.82, 2.24) is 0 Å². The van der Waals surface area contributed by atoms with Crippen molar-refractivity contribution in [2.75, 3.05) is 0 Å². The van der Waals surface area contributed by atoms with Crippen molar-refractivity contribution in [3.8, 4) is 0 Å². The van der Waals surface area contributed by atoms with E-state index in [0.29, 0.717) is 5.92 Å². The maximum Gasteiger partial charge on any atom is 0.0571 e. The number of allylic oxidation sites excluding steroid dienone is 2. The summed E-state index contributed by atoms with van der Waals surface area (Å²) in [6.45, 7) is 10.2. The quantitative estimate of drug-likeness (QED) is 0.703. The first-order valence-corrected chi connectivity index (χ1v) is 8.55. The molecule has 20 heavy (non-hydrogen) atoms. The molecule has 114 valence electrons. The lowest BCUT2D eigenvalue weighted by molar-refractivity contribution is 0.0123. The van der Waals surface area contributed by atoms with Crippen LogP contribution in [0.3, 0.4) is 0 Å². The maximum atomic E-state index is 10.2. The smallest absolute Gasteiger partial charge is 0.0571 e. The summed E-state index contributed by atoms with van der Waals surface area (Å²) in [4.78, 5) is 0. The molecule has 1 heteroatoms. The van der Waals surface area contributed by atoms with Crippen LogP contribution in [0.2, 0.25) is 0 Å². The molecule has 6 atom stereocenters. The molecule has 2 aliphatic carbocycles. The summed E-state index contributed by atoms with van der Waals surface area (Å²) in [5.74, 6) is 3.87. The summed E-state index contributed by atoms with van der Waals surface area (Å²) in [5.41, 5.74) is 0. The first-order valence-electron chi connectivity index (χ1n) is 8.55. The molecule has 6 unspecified atom stereocenters. The number of hydrogen-bond donors (Lipinski definition) is 1. The van der Waals surface area contributed by atoms with E-state index < -0.39 is 0 Å². The Morgan fingerprint density at radius 1 is 1.00 bits per heavy atom. The third kappa shape index (κ3) is 3.75. The van der Waals surface area contributed by atoms with Crippen molar-refractivity contribution in [3.05, 3.63) is 25.3 Å². The zero-order valence-corrected chi connectivity index (χ0v) is 13.1.